The highest BCUT2D eigenvalue weighted by Gasteiger charge is 2.13. The number of rotatable bonds is 10. The van der Waals surface area contributed by atoms with E-state index in [2.05, 4.69) is 11.9 Å². The fourth-order valence-electron chi connectivity index (χ4n) is 1.60. The zero-order valence-corrected chi connectivity index (χ0v) is 12.7. The second-order valence-electron chi connectivity index (χ2n) is 4.39. The molecule has 0 spiro atoms. The smallest absolute Gasteiger partial charge is 0.179 e. The number of nitrogens with zero attached hydrogens (tertiary/aromatic N) is 1. The third-order valence-electron chi connectivity index (χ3n) is 2.78. The Labute approximate surface area is 126 Å². The zero-order chi connectivity index (χ0) is 15.6. The lowest BCUT2D eigenvalue weighted by Crippen LogP contribution is -2.26. The van der Waals surface area contributed by atoms with Crippen molar-refractivity contribution in [3.8, 4) is 6.07 Å². The highest BCUT2D eigenvalue weighted by atomic mass is 32.2. The van der Waals surface area contributed by atoms with Crippen LogP contribution in [-0.2, 0) is 14.6 Å². The summed E-state index contributed by atoms with van der Waals surface area (Å²) in [6, 6.07) is 7.90. The molecule has 0 saturated carbocycles. The monoisotopic (exact) mass is 308 g/mol. The normalized spacial score (nSPS) is 11.0. The third kappa shape index (κ3) is 6.54. The van der Waals surface area contributed by atoms with E-state index in [-0.39, 0.29) is 10.6 Å². The molecule has 0 aromatic heterocycles. The van der Waals surface area contributed by atoms with Gasteiger partial charge in [0.2, 0.25) is 0 Å². The molecule has 0 fully saturated rings. The minimum Gasteiger partial charge on any atom is -0.380 e. The SMILES string of the molecule is C=CCCOCCNCCS(=O)(=O)c1ccc(C#N)cc1. The van der Waals surface area contributed by atoms with E-state index < -0.39 is 9.84 Å². The maximum atomic E-state index is 12.0. The molecule has 6 heteroatoms. The summed E-state index contributed by atoms with van der Waals surface area (Å²) >= 11 is 0. The fraction of sp³-hybridized carbons (Fsp3) is 0.400. The minimum absolute atomic E-state index is 0.0194. The molecule has 0 unspecified atom stereocenters. The summed E-state index contributed by atoms with van der Waals surface area (Å²) in [5.74, 6) is 0.0194. The molecule has 1 rings (SSSR count). The third-order valence-corrected chi connectivity index (χ3v) is 4.51. The summed E-state index contributed by atoms with van der Waals surface area (Å²) in [5, 5.41) is 11.7. The standard InChI is InChI=1S/C15H20N2O3S/c1-2-3-10-20-11-8-17-9-12-21(18,19)15-6-4-14(13-16)5-7-15/h2,4-7,17H,1,3,8-12H2. The molecule has 1 aromatic carbocycles. The largest absolute Gasteiger partial charge is 0.380 e. The van der Waals surface area contributed by atoms with Crippen molar-refractivity contribution in [1.29, 1.82) is 5.26 Å². The van der Waals surface area contributed by atoms with Crippen LogP contribution in [0.3, 0.4) is 0 Å². The van der Waals surface area contributed by atoms with Crippen LogP contribution in [0.1, 0.15) is 12.0 Å². The van der Waals surface area contributed by atoms with Crippen molar-refractivity contribution in [2.24, 2.45) is 0 Å². The number of nitriles is 1. The summed E-state index contributed by atoms with van der Waals surface area (Å²) in [7, 11) is -3.31. The first-order valence-electron chi connectivity index (χ1n) is 6.72. The van der Waals surface area contributed by atoms with E-state index in [9.17, 15) is 8.42 Å². The molecule has 0 saturated heterocycles. The highest BCUT2D eigenvalue weighted by Crippen LogP contribution is 2.11. The maximum absolute atomic E-state index is 12.0. The van der Waals surface area contributed by atoms with Crippen LogP contribution in [0, 0.1) is 11.3 Å². The van der Waals surface area contributed by atoms with Crippen molar-refractivity contribution in [3.05, 3.63) is 42.5 Å². The molecule has 1 N–H and O–H groups in total. The molecule has 0 aliphatic carbocycles. The van der Waals surface area contributed by atoms with Crippen LogP contribution >= 0.6 is 0 Å². The fourth-order valence-corrected chi connectivity index (χ4v) is 2.80. The number of hydrogen-bond acceptors (Lipinski definition) is 5. The molecule has 0 radical (unpaired) electrons. The summed E-state index contributed by atoms with van der Waals surface area (Å²) in [6.07, 6.45) is 2.60. The van der Waals surface area contributed by atoms with Gasteiger partial charge in [-0.25, -0.2) is 8.42 Å². The Bertz CT molecular complexity index is 574. The van der Waals surface area contributed by atoms with Crippen LogP contribution in [0.2, 0.25) is 0 Å². The van der Waals surface area contributed by atoms with Gasteiger partial charge in [0.15, 0.2) is 9.84 Å². The number of benzene rings is 1. The van der Waals surface area contributed by atoms with Crippen LogP contribution in [0.25, 0.3) is 0 Å². The summed E-state index contributed by atoms with van der Waals surface area (Å²) in [6.45, 7) is 5.75. The van der Waals surface area contributed by atoms with E-state index in [1.54, 1.807) is 6.08 Å². The molecule has 114 valence electrons. The number of ether oxygens (including phenoxy) is 1. The average Bonchev–Trinajstić information content (AvgIpc) is 2.50. The lowest BCUT2D eigenvalue weighted by atomic mass is 10.2. The van der Waals surface area contributed by atoms with Gasteiger partial charge >= 0.3 is 0 Å². The Hall–Kier alpha value is -1.68. The van der Waals surface area contributed by atoms with Crippen molar-refractivity contribution in [2.45, 2.75) is 11.3 Å². The second-order valence-corrected chi connectivity index (χ2v) is 6.50. The van der Waals surface area contributed by atoms with Crippen LogP contribution in [-0.4, -0.2) is 40.5 Å². The van der Waals surface area contributed by atoms with Gasteiger partial charge in [-0.1, -0.05) is 6.08 Å². The first-order chi connectivity index (χ1) is 10.1. The van der Waals surface area contributed by atoms with E-state index in [4.69, 9.17) is 10.00 Å². The molecule has 0 atom stereocenters. The second kappa shape index (κ2) is 9.29. The van der Waals surface area contributed by atoms with Gasteiger partial charge in [0.05, 0.1) is 35.5 Å². The van der Waals surface area contributed by atoms with Gasteiger partial charge in [-0.05, 0) is 30.7 Å². The molecule has 0 aliphatic rings. The summed E-state index contributed by atoms with van der Waals surface area (Å²) in [5.41, 5.74) is 0.448. The molecular weight excluding hydrogens is 288 g/mol. The predicted octanol–water partition coefficient (Wildman–Crippen LogP) is 1.51. The zero-order valence-electron chi connectivity index (χ0n) is 11.9. The van der Waals surface area contributed by atoms with Gasteiger partial charge in [0, 0.05) is 13.1 Å². The lowest BCUT2D eigenvalue weighted by Gasteiger charge is -2.07. The van der Waals surface area contributed by atoms with E-state index in [1.165, 1.54) is 24.3 Å². The Kier molecular flexibility index (Phi) is 7.69. The number of nitrogens with one attached hydrogen (secondary N) is 1. The van der Waals surface area contributed by atoms with Crippen LogP contribution in [0.4, 0.5) is 0 Å². The molecule has 0 aliphatic heterocycles. The first kappa shape index (κ1) is 17.4. The van der Waals surface area contributed by atoms with Crippen LogP contribution in [0.15, 0.2) is 41.8 Å². The van der Waals surface area contributed by atoms with Crippen molar-refractivity contribution in [2.75, 3.05) is 32.1 Å². The molecule has 0 bridgehead atoms. The Morgan fingerprint density at radius 1 is 1.24 bits per heavy atom. The Balaban J connectivity index is 2.30. The number of hydrogen-bond donors (Lipinski definition) is 1. The van der Waals surface area contributed by atoms with Gasteiger partial charge in [-0.3, -0.25) is 0 Å². The van der Waals surface area contributed by atoms with E-state index >= 15 is 0 Å². The van der Waals surface area contributed by atoms with Gasteiger partial charge in [0.25, 0.3) is 0 Å². The highest BCUT2D eigenvalue weighted by molar-refractivity contribution is 7.91. The van der Waals surface area contributed by atoms with Gasteiger partial charge in [-0.2, -0.15) is 5.26 Å². The Morgan fingerprint density at radius 3 is 2.57 bits per heavy atom. The van der Waals surface area contributed by atoms with Crippen molar-refractivity contribution in [1.82, 2.24) is 5.32 Å². The summed E-state index contributed by atoms with van der Waals surface area (Å²) < 4.78 is 29.4. The summed E-state index contributed by atoms with van der Waals surface area (Å²) in [4.78, 5) is 0.241. The molecule has 5 nitrogen and oxygen atoms in total. The van der Waals surface area contributed by atoms with Crippen LogP contribution < -0.4 is 5.32 Å². The van der Waals surface area contributed by atoms with Gasteiger partial charge < -0.3 is 10.1 Å². The first-order valence-corrected chi connectivity index (χ1v) is 8.37. The van der Waals surface area contributed by atoms with Crippen molar-refractivity contribution < 1.29 is 13.2 Å². The number of sulfone groups is 1. The maximum Gasteiger partial charge on any atom is 0.179 e. The van der Waals surface area contributed by atoms with Gasteiger partial charge in [0.1, 0.15) is 0 Å². The van der Waals surface area contributed by atoms with E-state index in [0.29, 0.717) is 31.9 Å². The lowest BCUT2D eigenvalue weighted by molar-refractivity contribution is 0.141. The van der Waals surface area contributed by atoms with Crippen molar-refractivity contribution >= 4 is 9.84 Å². The molecule has 1 aromatic rings. The van der Waals surface area contributed by atoms with Crippen molar-refractivity contribution in [3.63, 3.8) is 0 Å². The molecule has 21 heavy (non-hydrogen) atoms. The molecular formula is C15H20N2O3S. The van der Waals surface area contributed by atoms with E-state index in [1.807, 2.05) is 6.07 Å². The topological polar surface area (TPSA) is 79.2 Å². The Morgan fingerprint density at radius 2 is 1.95 bits per heavy atom. The quantitative estimate of drug-likeness (QED) is 0.523. The predicted molar refractivity (Wildman–Crippen MR) is 81.7 cm³/mol. The van der Waals surface area contributed by atoms with Crippen LogP contribution in [0.5, 0.6) is 0 Å². The minimum atomic E-state index is -3.31. The molecule has 0 amide bonds. The van der Waals surface area contributed by atoms with E-state index in [0.717, 1.165) is 6.42 Å². The van der Waals surface area contributed by atoms with Gasteiger partial charge in [-0.15, -0.1) is 6.58 Å². The average molecular weight is 308 g/mol. The molecule has 0 heterocycles.